The molecule has 2 amide bonds. The van der Waals surface area contributed by atoms with E-state index in [1.807, 2.05) is 49.9 Å². The van der Waals surface area contributed by atoms with Crippen LogP contribution in [0, 0.1) is 3.57 Å². The van der Waals surface area contributed by atoms with Gasteiger partial charge < -0.3 is 10.0 Å². The highest BCUT2D eigenvalue weighted by Crippen LogP contribution is 2.24. The molecule has 1 aromatic rings. The highest BCUT2D eigenvalue weighted by Gasteiger charge is 2.39. The normalized spacial score (nSPS) is 16.4. The molecule has 2 rings (SSSR count). The van der Waals surface area contributed by atoms with Crippen LogP contribution < -0.4 is 0 Å². The Morgan fingerprint density at radius 3 is 2.40 bits per heavy atom. The molecule has 1 aromatic carbocycles. The minimum absolute atomic E-state index is 0.0733. The second-order valence-corrected chi connectivity index (χ2v) is 8.80. The molecule has 1 aliphatic rings. The van der Waals surface area contributed by atoms with Crippen molar-refractivity contribution in [3.8, 4) is 0 Å². The Kier molecular flexibility index (Phi) is 6.71. The maximum atomic E-state index is 13.2. The average molecular weight is 458 g/mol. The Bertz CT molecular complexity index is 621. The molecule has 25 heavy (non-hydrogen) atoms. The number of hydrogen-bond donors (Lipinski definition) is 1. The first-order chi connectivity index (χ1) is 11.7. The number of carbonyl (C=O) groups is 2. The van der Waals surface area contributed by atoms with Crippen molar-refractivity contribution >= 4 is 34.6 Å². The van der Waals surface area contributed by atoms with Gasteiger partial charge in [-0.15, -0.1) is 0 Å². The van der Waals surface area contributed by atoms with E-state index in [1.165, 1.54) is 4.90 Å². The lowest BCUT2D eigenvalue weighted by Crippen LogP contribution is -2.58. The van der Waals surface area contributed by atoms with Crippen LogP contribution in [-0.4, -0.2) is 51.6 Å². The van der Waals surface area contributed by atoms with Gasteiger partial charge in [0.25, 0.3) is 0 Å². The Morgan fingerprint density at radius 1 is 1.24 bits per heavy atom. The third kappa shape index (κ3) is 5.33. The summed E-state index contributed by atoms with van der Waals surface area (Å²) in [6.07, 6.45) is 2.46. The Hall–Kier alpha value is -1.31. The van der Waals surface area contributed by atoms with Gasteiger partial charge in [0.05, 0.1) is 0 Å². The van der Waals surface area contributed by atoms with Crippen LogP contribution >= 0.6 is 22.6 Å². The molecule has 1 fully saturated rings. The number of carbonyl (C=O) groups excluding carboxylic acids is 1. The number of rotatable bonds is 4. The van der Waals surface area contributed by atoms with E-state index in [4.69, 9.17) is 0 Å². The predicted molar refractivity (Wildman–Crippen MR) is 107 cm³/mol. The molecule has 138 valence electrons. The van der Waals surface area contributed by atoms with Gasteiger partial charge in [-0.2, -0.15) is 0 Å². The lowest BCUT2D eigenvalue weighted by atomic mass is 9.96. The molecule has 1 atom stereocenters. The molecule has 0 saturated carbocycles. The quantitative estimate of drug-likeness (QED) is 0.695. The molecule has 5 nitrogen and oxygen atoms in total. The molecule has 0 aromatic heterocycles. The Balaban J connectivity index is 2.35. The maximum absolute atomic E-state index is 13.2. The van der Waals surface area contributed by atoms with Gasteiger partial charge in [-0.3, -0.25) is 9.69 Å². The Morgan fingerprint density at radius 2 is 1.88 bits per heavy atom. The van der Waals surface area contributed by atoms with Gasteiger partial charge in [-0.05, 0) is 80.3 Å². The van der Waals surface area contributed by atoms with Crippen molar-refractivity contribution in [2.45, 2.75) is 58.0 Å². The average Bonchev–Trinajstić information content (AvgIpc) is 2.53. The number of carboxylic acid groups (broad SMARTS) is 1. The maximum Gasteiger partial charge on any atom is 0.408 e. The molecule has 1 N–H and O–H groups in total. The van der Waals surface area contributed by atoms with Crippen LogP contribution in [0.3, 0.4) is 0 Å². The first-order valence-corrected chi connectivity index (χ1v) is 9.83. The lowest BCUT2D eigenvalue weighted by molar-refractivity contribution is -0.139. The van der Waals surface area contributed by atoms with Gasteiger partial charge in [-0.1, -0.05) is 12.1 Å². The summed E-state index contributed by atoms with van der Waals surface area (Å²) in [5.41, 5.74) is 0.335. The number of piperidine rings is 1. The van der Waals surface area contributed by atoms with Gasteiger partial charge in [0.15, 0.2) is 0 Å². The molecule has 0 radical (unpaired) electrons. The summed E-state index contributed by atoms with van der Waals surface area (Å²) in [6, 6.07) is 7.21. The summed E-state index contributed by atoms with van der Waals surface area (Å²) in [4.78, 5) is 28.3. The van der Waals surface area contributed by atoms with Crippen molar-refractivity contribution in [3.63, 3.8) is 0 Å². The molecular formula is C19H27IN2O3. The molecule has 1 saturated heterocycles. The van der Waals surface area contributed by atoms with Crippen LogP contribution in [0.2, 0.25) is 0 Å². The summed E-state index contributed by atoms with van der Waals surface area (Å²) >= 11 is 2.23. The smallest absolute Gasteiger partial charge is 0.408 e. The second-order valence-electron chi connectivity index (χ2n) is 7.56. The zero-order valence-corrected chi connectivity index (χ0v) is 17.3. The molecule has 0 bridgehead atoms. The van der Waals surface area contributed by atoms with Gasteiger partial charge >= 0.3 is 6.09 Å². The standard InChI is InChI=1S/C19H27IN2O3/c1-19(2,3)22(18(24)25)16(13-14-8-7-9-15(20)12-14)17(23)21-10-5-4-6-11-21/h7-9,12,16H,4-6,10-11,13H2,1-3H3,(H,24,25)/t16-/m0/s1. The first kappa shape index (κ1) is 20.0. The van der Waals surface area contributed by atoms with Crippen molar-refractivity contribution in [1.29, 1.82) is 0 Å². The molecule has 1 heterocycles. The van der Waals surface area contributed by atoms with E-state index in [1.54, 1.807) is 0 Å². The van der Waals surface area contributed by atoms with Crippen LogP contribution in [0.25, 0.3) is 0 Å². The monoisotopic (exact) mass is 458 g/mol. The van der Waals surface area contributed by atoms with Crippen molar-refractivity contribution in [2.24, 2.45) is 0 Å². The van der Waals surface area contributed by atoms with Gasteiger partial charge in [0.2, 0.25) is 5.91 Å². The molecular weight excluding hydrogens is 431 g/mol. The van der Waals surface area contributed by atoms with Crippen LogP contribution in [0.5, 0.6) is 0 Å². The molecule has 0 unspecified atom stereocenters. The van der Waals surface area contributed by atoms with E-state index in [2.05, 4.69) is 22.6 Å². The summed E-state index contributed by atoms with van der Waals surface area (Å²) < 4.78 is 1.08. The van der Waals surface area contributed by atoms with Crippen molar-refractivity contribution in [2.75, 3.05) is 13.1 Å². The number of nitrogens with zero attached hydrogens (tertiary/aromatic N) is 2. The summed E-state index contributed by atoms with van der Waals surface area (Å²) in [5, 5.41) is 9.81. The van der Waals surface area contributed by atoms with Crippen molar-refractivity contribution < 1.29 is 14.7 Å². The second kappa shape index (κ2) is 8.38. The number of halogens is 1. The van der Waals surface area contributed by atoms with E-state index < -0.39 is 17.7 Å². The van der Waals surface area contributed by atoms with E-state index in [-0.39, 0.29) is 5.91 Å². The lowest BCUT2D eigenvalue weighted by Gasteiger charge is -2.41. The summed E-state index contributed by atoms with van der Waals surface area (Å²) in [5.74, 6) is -0.0733. The predicted octanol–water partition coefficient (Wildman–Crippen LogP) is 3.99. The molecule has 0 aliphatic carbocycles. The van der Waals surface area contributed by atoms with Crippen molar-refractivity contribution in [3.05, 3.63) is 33.4 Å². The van der Waals surface area contributed by atoms with E-state index in [0.29, 0.717) is 6.42 Å². The van der Waals surface area contributed by atoms with Crippen LogP contribution in [0.1, 0.15) is 45.6 Å². The highest BCUT2D eigenvalue weighted by molar-refractivity contribution is 14.1. The minimum Gasteiger partial charge on any atom is -0.465 e. The number of likely N-dealkylation sites (tertiary alicyclic amines) is 1. The number of hydrogen-bond acceptors (Lipinski definition) is 2. The summed E-state index contributed by atoms with van der Waals surface area (Å²) in [7, 11) is 0. The number of benzene rings is 1. The van der Waals surface area contributed by atoms with Crippen LogP contribution in [0.4, 0.5) is 4.79 Å². The topological polar surface area (TPSA) is 60.9 Å². The van der Waals surface area contributed by atoms with Crippen LogP contribution in [-0.2, 0) is 11.2 Å². The third-order valence-electron chi connectivity index (χ3n) is 4.51. The fourth-order valence-corrected chi connectivity index (χ4v) is 4.00. The minimum atomic E-state index is -1.05. The Labute approximate surface area is 163 Å². The third-order valence-corrected chi connectivity index (χ3v) is 5.18. The van der Waals surface area contributed by atoms with Crippen molar-refractivity contribution in [1.82, 2.24) is 9.80 Å². The zero-order valence-electron chi connectivity index (χ0n) is 15.2. The van der Waals surface area contributed by atoms with Gasteiger partial charge in [0.1, 0.15) is 6.04 Å². The van der Waals surface area contributed by atoms with E-state index >= 15 is 0 Å². The number of amides is 2. The van der Waals surface area contributed by atoms with E-state index in [0.717, 1.165) is 41.5 Å². The fourth-order valence-electron chi connectivity index (χ4n) is 3.39. The zero-order chi connectivity index (χ0) is 18.6. The molecule has 1 aliphatic heterocycles. The summed E-state index contributed by atoms with van der Waals surface area (Å²) in [6.45, 7) is 6.96. The molecule has 6 heteroatoms. The molecule has 0 spiro atoms. The highest BCUT2D eigenvalue weighted by atomic mass is 127. The van der Waals surface area contributed by atoms with Gasteiger partial charge in [-0.25, -0.2) is 4.79 Å². The SMILES string of the molecule is CC(C)(C)N(C(=O)O)[C@@H](Cc1cccc(I)c1)C(=O)N1CCCCC1. The first-order valence-electron chi connectivity index (χ1n) is 8.75. The van der Waals surface area contributed by atoms with E-state index in [9.17, 15) is 14.7 Å². The fraction of sp³-hybridized carbons (Fsp3) is 0.579. The van der Waals surface area contributed by atoms with Gasteiger partial charge in [0, 0.05) is 28.6 Å². The largest absolute Gasteiger partial charge is 0.465 e. The van der Waals surface area contributed by atoms with Crippen LogP contribution in [0.15, 0.2) is 24.3 Å².